The molecule has 5 nitrogen and oxygen atoms in total. The Balaban J connectivity index is 2.01. The molecule has 18 heavy (non-hydrogen) atoms. The minimum atomic E-state index is 0.0504. The predicted molar refractivity (Wildman–Crippen MR) is 66.7 cm³/mol. The van der Waals surface area contributed by atoms with E-state index in [9.17, 15) is 4.79 Å². The smallest absolute Gasteiger partial charge is 0.227 e. The van der Waals surface area contributed by atoms with Gasteiger partial charge in [-0.25, -0.2) is 0 Å². The average Bonchev–Trinajstić information content (AvgIpc) is 2.85. The fourth-order valence-electron chi connectivity index (χ4n) is 1.50. The Kier molecular flexibility index (Phi) is 3.72. The minimum Gasteiger partial charge on any atom is -0.349 e. The Morgan fingerprint density at radius 2 is 2.00 bits per heavy atom. The summed E-state index contributed by atoms with van der Waals surface area (Å²) in [5, 5.41) is 3.90. The molecule has 1 aromatic heterocycles. The van der Waals surface area contributed by atoms with Crippen LogP contribution in [0.25, 0.3) is 11.4 Å². The van der Waals surface area contributed by atoms with Crippen LogP contribution < -0.4 is 0 Å². The molecule has 0 fully saturated rings. The zero-order valence-electron chi connectivity index (χ0n) is 10.5. The number of amides is 1. The summed E-state index contributed by atoms with van der Waals surface area (Å²) < 4.78 is 5.12. The SMILES string of the molecule is CN(C)C(=O)CCc1nc(-c2ccccc2)no1. The number of benzene rings is 1. The first-order valence-electron chi connectivity index (χ1n) is 5.75. The van der Waals surface area contributed by atoms with Gasteiger partial charge in [-0.05, 0) is 0 Å². The highest BCUT2D eigenvalue weighted by atomic mass is 16.5. The number of carbonyl (C=O) groups excluding carboxylic acids is 1. The second-order valence-electron chi connectivity index (χ2n) is 4.17. The summed E-state index contributed by atoms with van der Waals surface area (Å²) in [4.78, 5) is 17.2. The van der Waals surface area contributed by atoms with Gasteiger partial charge in [0.15, 0.2) is 0 Å². The van der Waals surface area contributed by atoms with Crippen molar-refractivity contribution in [1.82, 2.24) is 15.0 Å². The second-order valence-corrected chi connectivity index (χ2v) is 4.17. The van der Waals surface area contributed by atoms with Crippen LogP contribution in [0.1, 0.15) is 12.3 Å². The molecule has 0 saturated heterocycles. The van der Waals surface area contributed by atoms with Gasteiger partial charge in [-0.3, -0.25) is 4.79 Å². The third-order valence-corrected chi connectivity index (χ3v) is 2.55. The molecule has 0 bridgehead atoms. The number of aryl methyl sites for hydroxylation is 1. The Morgan fingerprint density at radius 1 is 1.28 bits per heavy atom. The minimum absolute atomic E-state index is 0.0504. The van der Waals surface area contributed by atoms with Crippen molar-refractivity contribution >= 4 is 5.91 Å². The van der Waals surface area contributed by atoms with Crippen molar-refractivity contribution in [3.8, 4) is 11.4 Å². The predicted octanol–water partition coefficient (Wildman–Crippen LogP) is 1.76. The van der Waals surface area contributed by atoms with E-state index in [4.69, 9.17) is 4.52 Å². The quantitative estimate of drug-likeness (QED) is 0.823. The monoisotopic (exact) mass is 245 g/mol. The Hall–Kier alpha value is -2.17. The van der Waals surface area contributed by atoms with Crippen LogP contribution >= 0.6 is 0 Å². The number of aromatic nitrogens is 2. The van der Waals surface area contributed by atoms with Crippen LogP contribution in [0.15, 0.2) is 34.9 Å². The first-order valence-corrected chi connectivity index (χ1v) is 5.75. The molecule has 94 valence electrons. The van der Waals surface area contributed by atoms with Crippen LogP contribution in [-0.2, 0) is 11.2 Å². The molecule has 1 amide bonds. The number of hydrogen-bond acceptors (Lipinski definition) is 4. The number of nitrogens with zero attached hydrogens (tertiary/aromatic N) is 3. The molecule has 0 N–H and O–H groups in total. The molecular formula is C13H15N3O2. The Labute approximate surface area is 105 Å². The normalized spacial score (nSPS) is 10.3. The summed E-state index contributed by atoms with van der Waals surface area (Å²) in [5.41, 5.74) is 0.909. The van der Waals surface area contributed by atoms with Crippen molar-refractivity contribution in [2.45, 2.75) is 12.8 Å². The standard InChI is InChI=1S/C13H15N3O2/c1-16(2)12(17)9-8-11-14-13(15-18-11)10-6-4-3-5-7-10/h3-7H,8-9H2,1-2H3. The van der Waals surface area contributed by atoms with Crippen LogP contribution in [0.5, 0.6) is 0 Å². The lowest BCUT2D eigenvalue weighted by atomic mass is 10.2. The molecule has 0 aliphatic carbocycles. The molecule has 2 aromatic rings. The molecule has 0 unspecified atom stereocenters. The maximum Gasteiger partial charge on any atom is 0.227 e. The molecule has 2 rings (SSSR count). The van der Waals surface area contributed by atoms with Gasteiger partial charge in [-0.15, -0.1) is 0 Å². The maximum atomic E-state index is 11.4. The van der Waals surface area contributed by atoms with Crippen molar-refractivity contribution in [2.24, 2.45) is 0 Å². The first-order chi connectivity index (χ1) is 8.66. The van der Waals surface area contributed by atoms with Gasteiger partial charge in [-0.2, -0.15) is 4.98 Å². The van der Waals surface area contributed by atoms with Gasteiger partial charge in [0.1, 0.15) is 0 Å². The highest BCUT2D eigenvalue weighted by Crippen LogP contribution is 2.15. The second kappa shape index (κ2) is 5.44. The molecule has 5 heteroatoms. The summed E-state index contributed by atoms with van der Waals surface area (Å²) in [6.07, 6.45) is 0.847. The van der Waals surface area contributed by atoms with E-state index in [0.717, 1.165) is 5.56 Å². The lowest BCUT2D eigenvalue weighted by Crippen LogP contribution is -2.21. The summed E-state index contributed by atoms with van der Waals surface area (Å²) in [6.45, 7) is 0. The van der Waals surface area contributed by atoms with Gasteiger partial charge >= 0.3 is 0 Å². The van der Waals surface area contributed by atoms with Crippen molar-refractivity contribution in [1.29, 1.82) is 0 Å². The molecule has 0 radical (unpaired) electrons. The Morgan fingerprint density at radius 3 is 2.67 bits per heavy atom. The topological polar surface area (TPSA) is 59.2 Å². The van der Waals surface area contributed by atoms with Crippen molar-refractivity contribution in [3.05, 3.63) is 36.2 Å². The molecule has 0 saturated carbocycles. The van der Waals surface area contributed by atoms with E-state index in [1.165, 1.54) is 0 Å². The molecule has 0 aliphatic heterocycles. The van der Waals surface area contributed by atoms with Crippen LogP contribution in [0.4, 0.5) is 0 Å². The van der Waals surface area contributed by atoms with Gasteiger partial charge in [-0.1, -0.05) is 35.5 Å². The van der Waals surface area contributed by atoms with E-state index >= 15 is 0 Å². The zero-order valence-corrected chi connectivity index (χ0v) is 10.5. The molecule has 0 atom stereocenters. The van der Waals surface area contributed by atoms with E-state index in [1.807, 2.05) is 30.3 Å². The summed E-state index contributed by atoms with van der Waals surface area (Å²) >= 11 is 0. The molecular weight excluding hydrogens is 230 g/mol. The van der Waals surface area contributed by atoms with Crippen LogP contribution in [0.2, 0.25) is 0 Å². The van der Waals surface area contributed by atoms with Gasteiger partial charge in [0.2, 0.25) is 17.6 Å². The van der Waals surface area contributed by atoms with E-state index in [1.54, 1.807) is 19.0 Å². The van der Waals surface area contributed by atoms with Crippen LogP contribution in [-0.4, -0.2) is 35.0 Å². The number of hydrogen-bond donors (Lipinski definition) is 0. The lowest BCUT2D eigenvalue weighted by molar-refractivity contribution is -0.128. The third-order valence-electron chi connectivity index (χ3n) is 2.55. The Bertz CT molecular complexity index is 520. The van der Waals surface area contributed by atoms with Gasteiger partial charge in [0, 0.05) is 32.5 Å². The number of carbonyl (C=O) groups is 1. The highest BCUT2D eigenvalue weighted by molar-refractivity contribution is 5.75. The molecule has 1 heterocycles. The molecule has 1 aromatic carbocycles. The van der Waals surface area contributed by atoms with E-state index in [-0.39, 0.29) is 5.91 Å². The largest absolute Gasteiger partial charge is 0.349 e. The van der Waals surface area contributed by atoms with E-state index in [0.29, 0.717) is 24.6 Å². The average molecular weight is 245 g/mol. The van der Waals surface area contributed by atoms with Crippen molar-refractivity contribution < 1.29 is 9.32 Å². The summed E-state index contributed by atoms with van der Waals surface area (Å²) in [5.74, 6) is 1.10. The van der Waals surface area contributed by atoms with E-state index < -0.39 is 0 Å². The van der Waals surface area contributed by atoms with Crippen molar-refractivity contribution in [3.63, 3.8) is 0 Å². The highest BCUT2D eigenvalue weighted by Gasteiger charge is 2.11. The molecule has 0 aliphatic rings. The summed E-state index contributed by atoms with van der Waals surface area (Å²) in [6, 6.07) is 9.60. The maximum absolute atomic E-state index is 11.4. The number of rotatable bonds is 4. The summed E-state index contributed by atoms with van der Waals surface area (Å²) in [7, 11) is 3.46. The van der Waals surface area contributed by atoms with Gasteiger partial charge < -0.3 is 9.42 Å². The fraction of sp³-hybridized carbons (Fsp3) is 0.308. The molecule has 0 spiro atoms. The lowest BCUT2D eigenvalue weighted by Gasteiger charge is -2.07. The van der Waals surface area contributed by atoms with Crippen LogP contribution in [0.3, 0.4) is 0 Å². The third kappa shape index (κ3) is 2.94. The van der Waals surface area contributed by atoms with Crippen LogP contribution in [0, 0.1) is 0 Å². The fourth-order valence-corrected chi connectivity index (χ4v) is 1.50. The van der Waals surface area contributed by atoms with Crippen molar-refractivity contribution in [2.75, 3.05) is 14.1 Å². The van der Waals surface area contributed by atoms with E-state index in [2.05, 4.69) is 10.1 Å². The first kappa shape index (κ1) is 12.3. The van der Waals surface area contributed by atoms with Gasteiger partial charge in [0.05, 0.1) is 0 Å². The van der Waals surface area contributed by atoms with Gasteiger partial charge in [0.25, 0.3) is 0 Å². The zero-order chi connectivity index (χ0) is 13.0.